The highest BCUT2D eigenvalue weighted by molar-refractivity contribution is 5.91. The molecule has 1 aromatic carbocycles. The molecule has 0 radical (unpaired) electrons. The van der Waals surface area contributed by atoms with Gasteiger partial charge >= 0.3 is 0 Å². The molecular weight excluding hydrogens is 250 g/mol. The van der Waals surface area contributed by atoms with Crippen LogP contribution in [0.4, 0.5) is 5.69 Å². The molecule has 2 aromatic rings. The zero-order chi connectivity index (χ0) is 14.1. The molecule has 1 aromatic heterocycles. The molecule has 0 spiro atoms. The van der Waals surface area contributed by atoms with Crippen LogP contribution >= 0.6 is 0 Å². The summed E-state index contributed by atoms with van der Waals surface area (Å²) >= 11 is 0. The van der Waals surface area contributed by atoms with Gasteiger partial charge in [0.2, 0.25) is 0 Å². The lowest BCUT2D eigenvalue weighted by Crippen LogP contribution is -2.42. The first-order valence-electron chi connectivity index (χ1n) is 7.28. The Morgan fingerprint density at radius 3 is 2.80 bits per heavy atom. The molecule has 1 heterocycles. The van der Waals surface area contributed by atoms with Crippen molar-refractivity contribution in [1.29, 1.82) is 0 Å². The molecule has 1 aliphatic rings. The van der Waals surface area contributed by atoms with E-state index in [1.807, 2.05) is 24.3 Å². The van der Waals surface area contributed by atoms with Crippen molar-refractivity contribution in [1.82, 2.24) is 4.57 Å². The van der Waals surface area contributed by atoms with Gasteiger partial charge in [0, 0.05) is 36.3 Å². The van der Waals surface area contributed by atoms with E-state index in [1.165, 1.54) is 12.8 Å². The molecule has 1 aliphatic carbocycles. The second-order valence-corrected chi connectivity index (χ2v) is 5.67. The minimum Gasteiger partial charge on any atom is -0.380 e. The van der Waals surface area contributed by atoms with Crippen LogP contribution < -0.4 is 16.6 Å². The van der Waals surface area contributed by atoms with Crippen LogP contribution in [-0.2, 0) is 7.05 Å². The van der Waals surface area contributed by atoms with Crippen LogP contribution in [0.2, 0.25) is 0 Å². The van der Waals surface area contributed by atoms with Gasteiger partial charge in [0.25, 0.3) is 5.56 Å². The van der Waals surface area contributed by atoms with E-state index in [4.69, 9.17) is 5.73 Å². The Labute approximate surface area is 118 Å². The van der Waals surface area contributed by atoms with Crippen LogP contribution in [0, 0.1) is 0 Å². The Morgan fingerprint density at radius 1 is 1.25 bits per heavy atom. The topological polar surface area (TPSA) is 60.0 Å². The van der Waals surface area contributed by atoms with E-state index in [1.54, 1.807) is 17.7 Å². The van der Waals surface area contributed by atoms with Crippen molar-refractivity contribution in [3.63, 3.8) is 0 Å². The largest absolute Gasteiger partial charge is 0.380 e. The highest BCUT2D eigenvalue weighted by Crippen LogP contribution is 2.25. The van der Waals surface area contributed by atoms with E-state index < -0.39 is 0 Å². The Balaban J connectivity index is 2.03. The van der Waals surface area contributed by atoms with Crippen molar-refractivity contribution in [2.45, 2.75) is 37.8 Å². The van der Waals surface area contributed by atoms with Crippen molar-refractivity contribution < 1.29 is 0 Å². The first kappa shape index (κ1) is 13.2. The average Bonchev–Trinajstić information content (AvgIpc) is 2.47. The molecule has 0 unspecified atom stereocenters. The van der Waals surface area contributed by atoms with Gasteiger partial charge in [0.15, 0.2) is 0 Å². The van der Waals surface area contributed by atoms with Gasteiger partial charge < -0.3 is 15.6 Å². The molecule has 20 heavy (non-hydrogen) atoms. The van der Waals surface area contributed by atoms with E-state index in [0.717, 1.165) is 29.4 Å². The van der Waals surface area contributed by atoms with Gasteiger partial charge in [-0.15, -0.1) is 0 Å². The monoisotopic (exact) mass is 271 g/mol. The molecule has 1 fully saturated rings. The summed E-state index contributed by atoms with van der Waals surface area (Å²) in [6.07, 6.45) is 4.54. The van der Waals surface area contributed by atoms with Crippen molar-refractivity contribution >= 4 is 16.6 Å². The van der Waals surface area contributed by atoms with E-state index in [2.05, 4.69) is 5.32 Å². The highest BCUT2D eigenvalue weighted by atomic mass is 16.1. The SMILES string of the molecule is Cn1c(=O)cc(N[C@@H]2CCCC[C@H]2N)c2ccccc21. The third-order valence-corrected chi connectivity index (χ3v) is 4.31. The second-order valence-electron chi connectivity index (χ2n) is 5.67. The zero-order valence-electron chi connectivity index (χ0n) is 11.8. The number of benzene rings is 1. The Hall–Kier alpha value is -1.81. The molecule has 2 atom stereocenters. The fraction of sp³-hybridized carbons (Fsp3) is 0.438. The Bertz CT molecular complexity index is 677. The number of hydrogen-bond acceptors (Lipinski definition) is 3. The fourth-order valence-corrected chi connectivity index (χ4v) is 3.07. The van der Waals surface area contributed by atoms with Crippen molar-refractivity contribution in [2.75, 3.05) is 5.32 Å². The molecule has 0 aliphatic heterocycles. The number of aryl methyl sites for hydroxylation is 1. The average molecular weight is 271 g/mol. The second kappa shape index (κ2) is 5.29. The molecule has 106 valence electrons. The predicted octanol–water partition coefficient (Wildman–Crippen LogP) is 2.22. The van der Waals surface area contributed by atoms with E-state index in [-0.39, 0.29) is 17.6 Å². The smallest absolute Gasteiger partial charge is 0.252 e. The summed E-state index contributed by atoms with van der Waals surface area (Å²) in [6, 6.07) is 10.1. The third kappa shape index (κ3) is 2.31. The number of para-hydroxylation sites is 1. The molecule has 0 saturated heterocycles. The normalized spacial score (nSPS) is 22.9. The maximum absolute atomic E-state index is 12.1. The molecule has 4 nitrogen and oxygen atoms in total. The van der Waals surface area contributed by atoms with Gasteiger partial charge in [-0.1, -0.05) is 31.0 Å². The van der Waals surface area contributed by atoms with Gasteiger partial charge in [-0.25, -0.2) is 0 Å². The van der Waals surface area contributed by atoms with Crippen LogP contribution in [-0.4, -0.2) is 16.7 Å². The molecule has 4 heteroatoms. The lowest BCUT2D eigenvalue weighted by molar-refractivity contribution is 0.404. The fourth-order valence-electron chi connectivity index (χ4n) is 3.07. The number of fused-ring (bicyclic) bond motifs is 1. The minimum atomic E-state index is 0.00980. The lowest BCUT2D eigenvalue weighted by atomic mass is 9.91. The van der Waals surface area contributed by atoms with Crippen LogP contribution in [0.1, 0.15) is 25.7 Å². The van der Waals surface area contributed by atoms with E-state index in [9.17, 15) is 4.79 Å². The van der Waals surface area contributed by atoms with Crippen molar-refractivity contribution in [3.05, 3.63) is 40.7 Å². The molecule has 3 N–H and O–H groups in total. The van der Waals surface area contributed by atoms with Crippen molar-refractivity contribution in [2.24, 2.45) is 12.8 Å². The van der Waals surface area contributed by atoms with Crippen LogP contribution in [0.3, 0.4) is 0 Å². The maximum Gasteiger partial charge on any atom is 0.252 e. The first-order chi connectivity index (χ1) is 9.66. The number of hydrogen-bond donors (Lipinski definition) is 2. The van der Waals surface area contributed by atoms with Crippen LogP contribution in [0.15, 0.2) is 35.1 Å². The third-order valence-electron chi connectivity index (χ3n) is 4.31. The number of pyridine rings is 1. The van der Waals surface area contributed by atoms with Gasteiger partial charge in [0.05, 0.1) is 5.52 Å². The number of rotatable bonds is 2. The summed E-state index contributed by atoms with van der Waals surface area (Å²) in [6.45, 7) is 0. The standard InChI is InChI=1S/C16H21N3O/c1-19-15-9-5-2-6-11(15)14(10-16(19)20)18-13-8-4-3-7-12(13)17/h2,5-6,9-10,12-13,18H,3-4,7-8,17H2,1H3/t12-,13-/m1/s1. The first-order valence-corrected chi connectivity index (χ1v) is 7.28. The van der Waals surface area contributed by atoms with Crippen LogP contribution in [0.5, 0.6) is 0 Å². The predicted molar refractivity (Wildman–Crippen MR) is 83.0 cm³/mol. The summed E-state index contributed by atoms with van der Waals surface area (Å²) in [4.78, 5) is 12.1. The van der Waals surface area contributed by atoms with Gasteiger partial charge in [-0.05, 0) is 18.9 Å². The number of anilines is 1. The maximum atomic E-state index is 12.1. The Kier molecular flexibility index (Phi) is 3.49. The van der Waals surface area contributed by atoms with Gasteiger partial charge in [0.1, 0.15) is 0 Å². The summed E-state index contributed by atoms with van der Waals surface area (Å²) in [5.74, 6) is 0. The highest BCUT2D eigenvalue weighted by Gasteiger charge is 2.22. The van der Waals surface area contributed by atoms with Crippen molar-refractivity contribution in [3.8, 4) is 0 Å². The summed E-state index contributed by atoms with van der Waals surface area (Å²) < 4.78 is 1.68. The van der Waals surface area contributed by atoms with Gasteiger partial charge in [-0.3, -0.25) is 4.79 Å². The molecule has 1 saturated carbocycles. The molecule has 0 bridgehead atoms. The molecule has 3 rings (SSSR count). The number of nitrogens with zero attached hydrogens (tertiary/aromatic N) is 1. The van der Waals surface area contributed by atoms with E-state index in [0.29, 0.717) is 0 Å². The minimum absolute atomic E-state index is 0.00980. The van der Waals surface area contributed by atoms with Crippen LogP contribution in [0.25, 0.3) is 10.9 Å². The zero-order valence-corrected chi connectivity index (χ0v) is 11.8. The molecule has 0 amide bonds. The summed E-state index contributed by atoms with van der Waals surface area (Å²) in [5.41, 5.74) is 8.06. The number of nitrogens with one attached hydrogen (secondary N) is 1. The summed E-state index contributed by atoms with van der Waals surface area (Å²) in [5, 5.41) is 4.58. The van der Waals surface area contributed by atoms with E-state index >= 15 is 0 Å². The Morgan fingerprint density at radius 2 is 2.00 bits per heavy atom. The number of aromatic nitrogens is 1. The van der Waals surface area contributed by atoms with Gasteiger partial charge in [-0.2, -0.15) is 0 Å². The molecular formula is C16H21N3O. The summed E-state index contributed by atoms with van der Waals surface area (Å²) in [7, 11) is 1.81. The lowest BCUT2D eigenvalue weighted by Gasteiger charge is -2.30. The quantitative estimate of drug-likeness (QED) is 0.880. The number of nitrogens with two attached hydrogens (primary N) is 1.